The van der Waals surface area contributed by atoms with Crippen molar-refractivity contribution in [3.05, 3.63) is 0 Å². The van der Waals surface area contributed by atoms with E-state index in [0.29, 0.717) is 13.0 Å². The zero-order chi connectivity index (χ0) is 12.7. The van der Waals surface area contributed by atoms with Gasteiger partial charge in [-0.05, 0) is 6.92 Å². The second-order valence-electron chi connectivity index (χ2n) is 4.27. The maximum atomic E-state index is 11.5. The van der Waals surface area contributed by atoms with Gasteiger partial charge in [0.15, 0.2) is 0 Å². The van der Waals surface area contributed by atoms with Crippen molar-refractivity contribution < 1.29 is 19.4 Å². The predicted molar refractivity (Wildman–Crippen MR) is 61.7 cm³/mol. The number of carboxylic acid groups (broad SMARTS) is 1. The second-order valence-corrected chi connectivity index (χ2v) is 4.27. The third kappa shape index (κ3) is 6.23. The molecule has 6 nitrogen and oxygen atoms in total. The van der Waals surface area contributed by atoms with E-state index in [4.69, 9.17) is 9.84 Å². The van der Waals surface area contributed by atoms with Crippen LogP contribution in [0.5, 0.6) is 0 Å². The fraction of sp³-hybridized carbons (Fsp3) is 0.818. The van der Waals surface area contributed by atoms with Gasteiger partial charge in [0.25, 0.3) is 0 Å². The smallest absolute Gasteiger partial charge is 0.305 e. The van der Waals surface area contributed by atoms with Crippen molar-refractivity contribution in [2.45, 2.75) is 25.8 Å². The third-order valence-electron chi connectivity index (χ3n) is 2.65. The van der Waals surface area contributed by atoms with Crippen LogP contribution in [0.3, 0.4) is 0 Å². The number of rotatable bonds is 6. The zero-order valence-electron chi connectivity index (χ0n) is 10.1. The van der Waals surface area contributed by atoms with Crippen molar-refractivity contribution in [1.82, 2.24) is 10.2 Å². The summed E-state index contributed by atoms with van der Waals surface area (Å²) in [5, 5.41) is 11.2. The lowest BCUT2D eigenvalue weighted by molar-refractivity contribution is -0.137. The van der Waals surface area contributed by atoms with Gasteiger partial charge in [0.2, 0.25) is 5.91 Å². The van der Waals surface area contributed by atoms with Crippen molar-refractivity contribution in [2.24, 2.45) is 0 Å². The number of nitrogens with one attached hydrogen (secondary N) is 1. The summed E-state index contributed by atoms with van der Waals surface area (Å²) in [4.78, 5) is 24.1. The largest absolute Gasteiger partial charge is 0.481 e. The molecular formula is C11H20N2O4. The van der Waals surface area contributed by atoms with E-state index in [0.717, 1.165) is 26.3 Å². The molecule has 1 saturated heterocycles. The van der Waals surface area contributed by atoms with E-state index in [-0.39, 0.29) is 18.4 Å². The van der Waals surface area contributed by atoms with Gasteiger partial charge < -0.3 is 15.2 Å². The molecule has 0 aliphatic carbocycles. The molecular weight excluding hydrogens is 224 g/mol. The molecule has 0 aromatic rings. The Morgan fingerprint density at radius 3 is 2.65 bits per heavy atom. The van der Waals surface area contributed by atoms with E-state index in [1.165, 1.54) is 0 Å². The highest BCUT2D eigenvalue weighted by Gasteiger charge is 2.14. The van der Waals surface area contributed by atoms with Gasteiger partial charge >= 0.3 is 5.97 Å². The minimum absolute atomic E-state index is 0.0384. The molecule has 1 aliphatic heterocycles. The van der Waals surface area contributed by atoms with Crippen LogP contribution in [-0.2, 0) is 14.3 Å². The molecule has 1 aliphatic rings. The van der Waals surface area contributed by atoms with Gasteiger partial charge in [0.05, 0.1) is 19.6 Å². The highest BCUT2D eigenvalue weighted by Crippen LogP contribution is 1.98. The van der Waals surface area contributed by atoms with Crippen LogP contribution in [0.2, 0.25) is 0 Å². The fourth-order valence-corrected chi connectivity index (χ4v) is 1.74. The Balaban J connectivity index is 2.13. The quantitative estimate of drug-likeness (QED) is 0.670. The van der Waals surface area contributed by atoms with E-state index in [1.54, 1.807) is 6.92 Å². The van der Waals surface area contributed by atoms with Crippen molar-refractivity contribution >= 4 is 11.9 Å². The van der Waals surface area contributed by atoms with Gasteiger partial charge in [-0.25, -0.2) is 0 Å². The maximum Gasteiger partial charge on any atom is 0.305 e. The van der Waals surface area contributed by atoms with Crippen molar-refractivity contribution in [1.29, 1.82) is 0 Å². The molecule has 0 spiro atoms. The summed E-state index contributed by atoms with van der Waals surface area (Å²) in [6.07, 6.45) is 0.368. The van der Waals surface area contributed by atoms with Gasteiger partial charge in [-0.15, -0.1) is 0 Å². The number of carbonyl (C=O) groups excluding carboxylic acids is 1. The van der Waals surface area contributed by atoms with Gasteiger partial charge in [-0.3, -0.25) is 14.5 Å². The normalized spacial score (nSPS) is 18.6. The number of amides is 1. The van der Waals surface area contributed by atoms with E-state index >= 15 is 0 Å². The van der Waals surface area contributed by atoms with Crippen LogP contribution in [0.1, 0.15) is 19.8 Å². The molecule has 0 aromatic carbocycles. The first-order valence-electron chi connectivity index (χ1n) is 5.89. The Kier molecular flexibility index (Phi) is 5.93. The molecule has 2 N–H and O–H groups in total. The van der Waals surface area contributed by atoms with E-state index in [2.05, 4.69) is 10.2 Å². The SMILES string of the molecule is CC(CC(=O)O)NC(=O)CCN1CCOCC1. The Bertz CT molecular complexity index is 264. The molecule has 1 unspecified atom stereocenters. The summed E-state index contributed by atoms with van der Waals surface area (Å²) in [7, 11) is 0. The van der Waals surface area contributed by atoms with Crippen LogP contribution >= 0.6 is 0 Å². The van der Waals surface area contributed by atoms with E-state index in [9.17, 15) is 9.59 Å². The topological polar surface area (TPSA) is 78.9 Å². The number of hydrogen-bond acceptors (Lipinski definition) is 4. The third-order valence-corrected chi connectivity index (χ3v) is 2.65. The van der Waals surface area contributed by atoms with Crippen molar-refractivity contribution in [2.75, 3.05) is 32.8 Å². The molecule has 1 amide bonds. The lowest BCUT2D eigenvalue weighted by Crippen LogP contribution is -2.40. The van der Waals surface area contributed by atoms with Gasteiger partial charge in [0.1, 0.15) is 0 Å². The molecule has 17 heavy (non-hydrogen) atoms. The van der Waals surface area contributed by atoms with Gasteiger partial charge in [-0.2, -0.15) is 0 Å². The first-order chi connectivity index (χ1) is 8.08. The van der Waals surface area contributed by atoms with Crippen LogP contribution in [0.15, 0.2) is 0 Å². The van der Waals surface area contributed by atoms with Crippen molar-refractivity contribution in [3.63, 3.8) is 0 Å². The lowest BCUT2D eigenvalue weighted by atomic mass is 10.2. The molecule has 0 saturated carbocycles. The molecule has 1 rings (SSSR count). The lowest BCUT2D eigenvalue weighted by Gasteiger charge is -2.26. The molecule has 0 radical (unpaired) electrons. The zero-order valence-corrected chi connectivity index (χ0v) is 10.1. The molecule has 0 aromatic heterocycles. The van der Waals surface area contributed by atoms with Gasteiger partial charge in [-0.1, -0.05) is 0 Å². The number of aliphatic carboxylic acids is 1. The Morgan fingerprint density at radius 1 is 1.41 bits per heavy atom. The molecule has 6 heteroatoms. The predicted octanol–water partition coefficient (Wildman–Crippen LogP) is -0.312. The molecule has 0 bridgehead atoms. The number of carboxylic acids is 1. The second kappa shape index (κ2) is 7.24. The van der Waals surface area contributed by atoms with Crippen molar-refractivity contribution in [3.8, 4) is 0 Å². The van der Waals surface area contributed by atoms with Gasteiger partial charge in [0, 0.05) is 32.1 Å². The minimum Gasteiger partial charge on any atom is -0.481 e. The fourth-order valence-electron chi connectivity index (χ4n) is 1.74. The summed E-state index contributed by atoms with van der Waals surface area (Å²) in [6, 6.07) is -0.315. The highest BCUT2D eigenvalue weighted by molar-refractivity contribution is 5.77. The standard InChI is InChI=1S/C11H20N2O4/c1-9(8-11(15)16)12-10(14)2-3-13-4-6-17-7-5-13/h9H,2-8H2,1H3,(H,12,14)(H,15,16). The Morgan fingerprint density at radius 2 is 2.06 bits per heavy atom. The highest BCUT2D eigenvalue weighted by atomic mass is 16.5. The number of carbonyl (C=O) groups is 2. The molecule has 1 fully saturated rings. The maximum absolute atomic E-state index is 11.5. The van der Waals surface area contributed by atoms with Crippen LogP contribution in [0.4, 0.5) is 0 Å². The summed E-state index contributed by atoms with van der Waals surface area (Å²) in [5.74, 6) is -0.990. The average molecular weight is 244 g/mol. The first-order valence-corrected chi connectivity index (χ1v) is 5.89. The average Bonchev–Trinajstić information content (AvgIpc) is 2.26. The number of hydrogen-bond donors (Lipinski definition) is 2. The summed E-state index contributed by atoms with van der Waals surface area (Å²) < 4.78 is 5.21. The van der Waals surface area contributed by atoms with Crippen LogP contribution in [0.25, 0.3) is 0 Å². The Labute approximate surface area is 101 Å². The van der Waals surface area contributed by atoms with Crippen LogP contribution < -0.4 is 5.32 Å². The minimum atomic E-state index is -0.897. The number of nitrogens with zero attached hydrogens (tertiary/aromatic N) is 1. The number of morpholine rings is 1. The number of ether oxygens (including phenoxy) is 1. The molecule has 1 atom stereocenters. The molecule has 1 heterocycles. The van der Waals surface area contributed by atoms with Crippen LogP contribution in [0, 0.1) is 0 Å². The summed E-state index contributed by atoms with van der Waals surface area (Å²) in [6.45, 7) is 5.56. The monoisotopic (exact) mass is 244 g/mol. The van der Waals surface area contributed by atoms with E-state index in [1.807, 2.05) is 0 Å². The van der Waals surface area contributed by atoms with E-state index < -0.39 is 5.97 Å². The van der Waals surface area contributed by atoms with Crippen LogP contribution in [-0.4, -0.2) is 60.8 Å². The molecule has 98 valence electrons. The summed E-state index contributed by atoms with van der Waals surface area (Å²) in [5.41, 5.74) is 0. The first kappa shape index (κ1) is 13.9. The Hall–Kier alpha value is -1.14. The summed E-state index contributed by atoms with van der Waals surface area (Å²) >= 11 is 0.